The van der Waals surface area contributed by atoms with E-state index in [2.05, 4.69) is 24.3 Å². The topological polar surface area (TPSA) is 33.7 Å². The average Bonchev–Trinajstić information content (AvgIpc) is 2.59. The van der Waals surface area contributed by atoms with Gasteiger partial charge in [0.1, 0.15) is 8.80 Å². The fourth-order valence-corrected chi connectivity index (χ4v) is 5.92. The molecule has 0 radical (unpaired) electrons. The largest absolute Gasteiger partial charge is 0.342 e. The second-order valence-corrected chi connectivity index (χ2v) is 7.85. The van der Waals surface area contributed by atoms with Crippen LogP contribution in [0.15, 0.2) is 0 Å². The highest BCUT2D eigenvalue weighted by atomic mass is 28.3. The molecule has 0 bridgehead atoms. The molecule has 1 fully saturated rings. The molecule has 1 saturated heterocycles. The van der Waals surface area contributed by atoms with Gasteiger partial charge < -0.3 is 14.4 Å². The Bertz CT molecular complexity index is 196. The second-order valence-electron chi connectivity index (χ2n) is 4.54. The number of nitrogens with one attached hydrogen (secondary N) is 1. The molecule has 4 nitrogen and oxygen atoms in total. The molecule has 0 aromatic heterocycles. The van der Waals surface area contributed by atoms with E-state index < -0.39 is 8.80 Å². The van der Waals surface area contributed by atoms with Gasteiger partial charge in [-0.1, -0.05) is 0 Å². The van der Waals surface area contributed by atoms with Gasteiger partial charge in [-0.25, -0.2) is 0 Å². The standard InChI is InChI=1S/C11H26N2O2Si/c1-5-14-11(15-6-2)12-7-9-16(11)10-8-13(3)4/h12,16H,5-10H2,1-4H3. The summed E-state index contributed by atoms with van der Waals surface area (Å²) in [6.45, 7) is 7.71. The second kappa shape index (κ2) is 6.71. The zero-order valence-electron chi connectivity index (χ0n) is 11.1. The fraction of sp³-hybridized carbons (Fsp3) is 1.00. The summed E-state index contributed by atoms with van der Waals surface area (Å²) < 4.78 is 11.8. The molecule has 0 saturated carbocycles. The predicted octanol–water partition coefficient (Wildman–Crippen LogP) is 0.644. The van der Waals surface area contributed by atoms with E-state index in [1.165, 1.54) is 12.1 Å². The number of ether oxygens (including phenoxy) is 2. The molecule has 0 amide bonds. The molecule has 16 heavy (non-hydrogen) atoms. The molecule has 1 atom stereocenters. The summed E-state index contributed by atoms with van der Waals surface area (Å²) >= 11 is 0. The fourth-order valence-electron chi connectivity index (χ4n) is 2.31. The van der Waals surface area contributed by atoms with E-state index in [0.29, 0.717) is 0 Å². The van der Waals surface area contributed by atoms with Crippen LogP contribution in [0.5, 0.6) is 0 Å². The molecule has 1 unspecified atom stereocenters. The Kier molecular flexibility index (Phi) is 5.92. The van der Waals surface area contributed by atoms with Gasteiger partial charge in [0.25, 0.3) is 0 Å². The third-order valence-corrected chi connectivity index (χ3v) is 6.60. The van der Waals surface area contributed by atoms with Crippen molar-refractivity contribution >= 4 is 8.80 Å². The van der Waals surface area contributed by atoms with Crippen molar-refractivity contribution in [3.05, 3.63) is 0 Å². The Balaban J connectivity index is 2.57. The summed E-state index contributed by atoms with van der Waals surface area (Å²) in [7, 11) is 3.23. The summed E-state index contributed by atoms with van der Waals surface area (Å²) in [5.41, 5.74) is -0.389. The van der Waals surface area contributed by atoms with Gasteiger partial charge in [-0.3, -0.25) is 5.32 Å². The van der Waals surface area contributed by atoms with Gasteiger partial charge in [0.05, 0.1) is 0 Å². The van der Waals surface area contributed by atoms with Crippen molar-refractivity contribution < 1.29 is 9.47 Å². The SMILES string of the molecule is CCOC1(OCC)NCC[SiH]1CCN(C)C. The number of nitrogens with zero attached hydrogens (tertiary/aromatic N) is 1. The Morgan fingerprint density at radius 3 is 2.38 bits per heavy atom. The molecular formula is C11H26N2O2Si. The van der Waals surface area contributed by atoms with Crippen molar-refractivity contribution in [3.8, 4) is 0 Å². The number of hydrogen-bond donors (Lipinski definition) is 1. The maximum absolute atomic E-state index is 5.89. The van der Waals surface area contributed by atoms with Gasteiger partial charge >= 0.3 is 0 Å². The lowest BCUT2D eigenvalue weighted by atomic mass is 10.7. The molecule has 5 heteroatoms. The lowest BCUT2D eigenvalue weighted by molar-refractivity contribution is -0.191. The Labute approximate surface area is 101 Å². The number of hydrogen-bond acceptors (Lipinski definition) is 4. The van der Waals surface area contributed by atoms with E-state index in [1.807, 2.05) is 13.8 Å². The zero-order valence-corrected chi connectivity index (χ0v) is 12.2. The van der Waals surface area contributed by atoms with Crippen molar-refractivity contribution in [1.82, 2.24) is 10.2 Å². The highest BCUT2D eigenvalue weighted by Crippen LogP contribution is 2.25. The molecule has 0 spiro atoms. The quantitative estimate of drug-likeness (QED) is 0.528. The van der Waals surface area contributed by atoms with Crippen molar-refractivity contribution in [2.24, 2.45) is 0 Å². The van der Waals surface area contributed by atoms with E-state index in [9.17, 15) is 0 Å². The van der Waals surface area contributed by atoms with Crippen LogP contribution < -0.4 is 5.32 Å². The maximum Gasteiger partial charge on any atom is 0.201 e. The van der Waals surface area contributed by atoms with Crippen LogP contribution in [-0.2, 0) is 9.47 Å². The summed E-state index contributed by atoms with van der Waals surface area (Å²) in [6, 6.07) is 2.52. The van der Waals surface area contributed by atoms with Gasteiger partial charge in [-0.05, 0) is 53.1 Å². The summed E-state index contributed by atoms with van der Waals surface area (Å²) in [5.74, 6) is 0. The molecule has 1 aliphatic rings. The molecule has 0 aromatic rings. The summed E-state index contributed by atoms with van der Waals surface area (Å²) in [5, 5.41) is 3.44. The maximum atomic E-state index is 5.89. The molecule has 1 rings (SSSR count). The van der Waals surface area contributed by atoms with E-state index in [4.69, 9.17) is 9.47 Å². The third kappa shape index (κ3) is 3.53. The molecule has 0 aromatic carbocycles. The van der Waals surface area contributed by atoms with Gasteiger partial charge in [0.2, 0.25) is 5.53 Å². The van der Waals surface area contributed by atoms with Crippen LogP contribution in [0.25, 0.3) is 0 Å². The lowest BCUT2D eigenvalue weighted by Crippen LogP contribution is -2.55. The molecule has 1 aliphatic heterocycles. The Hall–Kier alpha value is 0.0569. The molecule has 0 aliphatic carbocycles. The minimum atomic E-state index is -1.02. The summed E-state index contributed by atoms with van der Waals surface area (Å²) in [6.07, 6.45) is 0. The van der Waals surface area contributed by atoms with Gasteiger partial charge in [-0.2, -0.15) is 0 Å². The molecule has 1 heterocycles. The Morgan fingerprint density at radius 1 is 1.25 bits per heavy atom. The van der Waals surface area contributed by atoms with Crippen LogP contribution in [-0.4, -0.2) is 59.6 Å². The van der Waals surface area contributed by atoms with Crippen LogP contribution in [0.2, 0.25) is 12.1 Å². The summed E-state index contributed by atoms with van der Waals surface area (Å²) in [4.78, 5) is 2.24. The average molecular weight is 246 g/mol. The van der Waals surface area contributed by atoms with Gasteiger partial charge in [0, 0.05) is 13.2 Å². The van der Waals surface area contributed by atoms with Crippen LogP contribution in [0.1, 0.15) is 13.8 Å². The van der Waals surface area contributed by atoms with Crippen LogP contribution in [0.4, 0.5) is 0 Å². The van der Waals surface area contributed by atoms with Crippen molar-refractivity contribution in [2.75, 3.05) is 40.4 Å². The van der Waals surface area contributed by atoms with Crippen molar-refractivity contribution in [3.63, 3.8) is 0 Å². The normalized spacial score (nSPS) is 24.2. The molecule has 1 N–H and O–H groups in total. The first-order valence-corrected chi connectivity index (χ1v) is 8.53. The monoisotopic (exact) mass is 246 g/mol. The van der Waals surface area contributed by atoms with Crippen LogP contribution in [0, 0.1) is 0 Å². The third-order valence-electron chi connectivity index (χ3n) is 3.04. The number of rotatable bonds is 7. The zero-order chi connectivity index (χ0) is 12.0. The minimum absolute atomic E-state index is 0.389. The highest BCUT2D eigenvalue weighted by molar-refractivity contribution is 6.62. The smallest absolute Gasteiger partial charge is 0.201 e. The van der Waals surface area contributed by atoms with Gasteiger partial charge in [-0.15, -0.1) is 0 Å². The molecule has 96 valence electrons. The highest BCUT2D eigenvalue weighted by Gasteiger charge is 2.45. The minimum Gasteiger partial charge on any atom is -0.342 e. The van der Waals surface area contributed by atoms with Gasteiger partial charge in [0.15, 0.2) is 0 Å². The van der Waals surface area contributed by atoms with E-state index in [-0.39, 0.29) is 5.53 Å². The first-order chi connectivity index (χ1) is 7.64. The van der Waals surface area contributed by atoms with E-state index in [0.717, 1.165) is 26.3 Å². The Morgan fingerprint density at radius 2 is 1.88 bits per heavy atom. The van der Waals surface area contributed by atoms with Crippen molar-refractivity contribution in [2.45, 2.75) is 31.5 Å². The van der Waals surface area contributed by atoms with E-state index in [1.54, 1.807) is 0 Å². The first-order valence-electron chi connectivity index (χ1n) is 6.32. The van der Waals surface area contributed by atoms with E-state index >= 15 is 0 Å². The van der Waals surface area contributed by atoms with Crippen molar-refractivity contribution in [1.29, 1.82) is 0 Å². The molecular weight excluding hydrogens is 220 g/mol. The lowest BCUT2D eigenvalue weighted by Gasteiger charge is -2.34. The predicted molar refractivity (Wildman–Crippen MR) is 69.3 cm³/mol. The van der Waals surface area contributed by atoms with Crippen LogP contribution >= 0.6 is 0 Å². The first kappa shape index (κ1) is 14.1. The van der Waals surface area contributed by atoms with Crippen LogP contribution in [0.3, 0.4) is 0 Å².